The molecule has 3 atom stereocenters. The molecular formula is C11H22Cl2O4P-. The van der Waals surface area contributed by atoms with Crippen LogP contribution in [0.25, 0.3) is 0 Å². The second-order valence-electron chi connectivity index (χ2n) is 4.46. The largest absolute Gasteiger partial charge is 0.777 e. The van der Waals surface area contributed by atoms with E-state index in [1.807, 2.05) is 6.92 Å². The van der Waals surface area contributed by atoms with Gasteiger partial charge in [-0.2, -0.15) is 0 Å². The zero-order valence-corrected chi connectivity index (χ0v) is 13.6. The molecule has 0 saturated heterocycles. The molecule has 0 aromatic heterocycles. The van der Waals surface area contributed by atoms with Crippen molar-refractivity contribution >= 4 is 30.8 Å². The molecule has 0 saturated carbocycles. The Kier molecular flexibility index (Phi) is 9.12. The first-order valence-electron chi connectivity index (χ1n) is 6.06. The first-order valence-corrected chi connectivity index (χ1v) is 8.76. The third kappa shape index (κ3) is 7.32. The van der Waals surface area contributed by atoms with E-state index in [9.17, 15) is 9.46 Å². The summed E-state index contributed by atoms with van der Waals surface area (Å²) in [5, 5.41) is -0.464. The molecular weight excluding hydrogens is 298 g/mol. The van der Waals surface area contributed by atoms with Gasteiger partial charge in [-0.3, -0.25) is 0 Å². The average Bonchev–Trinajstić information content (AvgIpc) is 2.24. The van der Waals surface area contributed by atoms with Crippen molar-refractivity contribution in [3.8, 4) is 0 Å². The predicted molar refractivity (Wildman–Crippen MR) is 73.5 cm³/mol. The molecule has 0 radical (unpaired) electrons. The molecule has 110 valence electrons. The Bertz CT molecular complexity index is 276. The van der Waals surface area contributed by atoms with Crippen molar-refractivity contribution in [2.75, 3.05) is 18.8 Å². The second-order valence-corrected chi connectivity index (χ2v) is 7.16. The maximum atomic E-state index is 11.8. The molecule has 0 heterocycles. The van der Waals surface area contributed by atoms with Gasteiger partial charge in [-0.05, 0) is 26.7 Å². The van der Waals surface area contributed by atoms with Crippen LogP contribution in [0.4, 0.5) is 0 Å². The van der Waals surface area contributed by atoms with Gasteiger partial charge < -0.3 is 18.7 Å². The Labute approximate surface area is 119 Å². The Morgan fingerprint density at radius 3 is 2.56 bits per heavy atom. The fraction of sp³-hybridized carbons (Fsp3) is 1.00. The summed E-state index contributed by atoms with van der Waals surface area (Å²) in [4.78, 5) is 11.8. The Morgan fingerprint density at radius 1 is 1.50 bits per heavy atom. The lowest BCUT2D eigenvalue weighted by Crippen LogP contribution is -2.38. The molecule has 0 fully saturated rings. The SMILES string of the molecule is CCCCOCP(=O)([O-])OC(C)(CCCl)C(C)Cl. The van der Waals surface area contributed by atoms with E-state index in [0.29, 0.717) is 13.0 Å². The van der Waals surface area contributed by atoms with E-state index in [-0.39, 0.29) is 5.88 Å². The summed E-state index contributed by atoms with van der Waals surface area (Å²) in [5.74, 6) is 0.282. The Hall–Kier alpha value is 0.690. The minimum absolute atomic E-state index is 0.282. The van der Waals surface area contributed by atoms with Crippen LogP contribution in [-0.4, -0.2) is 29.8 Å². The summed E-state index contributed by atoms with van der Waals surface area (Å²) < 4.78 is 22.0. The summed E-state index contributed by atoms with van der Waals surface area (Å²) >= 11 is 11.6. The van der Waals surface area contributed by atoms with Gasteiger partial charge in [0, 0.05) is 12.5 Å². The lowest BCUT2D eigenvalue weighted by atomic mass is 10.0. The molecule has 0 bridgehead atoms. The summed E-state index contributed by atoms with van der Waals surface area (Å²) in [6.45, 7) is 5.74. The van der Waals surface area contributed by atoms with Crippen LogP contribution in [0.3, 0.4) is 0 Å². The summed E-state index contributed by atoms with van der Waals surface area (Å²) in [7, 11) is -4.05. The van der Waals surface area contributed by atoms with Crippen LogP contribution >= 0.6 is 30.8 Å². The van der Waals surface area contributed by atoms with Gasteiger partial charge in [0.2, 0.25) is 0 Å². The maximum Gasteiger partial charge on any atom is 0.161 e. The number of hydrogen-bond donors (Lipinski definition) is 0. The second kappa shape index (κ2) is 8.78. The number of halogens is 2. The van der Waals surface area contributed by atoms with Crippen LogP contribution in [0.5, 0.6) is 0 Å². The summed E-state index contributed by atoms with van der Waals surface area (Å²) in [6.07, 6.45) is 1.71. The minimum Gasteiger partial charge on any atom is -0.777 e. The molecule has 0 aliphatic heterocycles. The first kappa shape index (κ1) is 18.7. The standard InChI is InChI=1S/C11H23Cl2O4P/c1-4-5-8-16-9-18(14,15)17-11(3,6-7-12)10(2)13/h10H,4-9H2,1-3H3,(H,14,15)/p-1. The summed E-state index contributed by atoms with van der Waals surface area (Å²) in [5.41, 5.74) is -0.991. The van der Waals surface area contributed by atoms with Gasteiger partial charge in [0.1, 0.15) is 6.35 Å². The highest BCUT2D eigenvalue weighted by molar-refractivity contribution is 7.51. The molecule has 0 N–H and O–H groups in total. The van der Waals surface area contributed by atoms with E-state index in [1.54, 1.807) is 13.8 Å². The van der Waals surface area contributed by atoms with Crippen molar-refractivity contribution < 1.29 is 18.7 Å². The number of hydrogen-bond acceptors (Lipinski definition) is 4. The highest BCUT2D eigenvalue weighted by atomic mass is 35.5. The van der Waals surface area contributed by atoms with Crippen molar-refractivity contribution in [1.29, 1.82) is 0 Å². The van der Waals surface area contributed by atoms with E-state index in [4.69, 9.17) is 32.5 Å². The van der Waals surface area contributed by atoms with Crippen LogP contribution < -0.4 is 4.89 Å². The molecule has 0 amide bonds. The molecule has 0 aliphatic carbocycles. The normalized spacial score (nSPS) is 20.1. The fourth-order valence-corrected chi connectivity index (χ4v) is 3.15. The molecule has 18 heavy (non-hydrogen) atoms. The lowest BCUT2D eigenvalue weighted by Gasteiger charge is -2.38. The highest BCUT2D eigenvalue weighted by Gasteiger charge is 2.34. The zero-order chi connectivity index (χ0) is 14.2. The van der Waals surface area contributed by atoms with Crippen molar-refractivity contribution in [3.05, 3.63) is 0 Å². The van der Waals surface area contributed by atoms with E-state index in [0.717, 1.165) is 12.8 Å². The van der Waals surface area contributed by atoms with Crippen LogP contribution in [0.15, 0.2) is 0 Å². The Balaban J connectivity index is 4.37. The smallest absolute Gasteiger partial charge is 0.161 e. The minimum atomic E-state index is -4.05. The number of ether oxygens (including phenoxy) is 1. The number of rotatable bonds is 10. The predicted octanol–water partition coefficient (Wildman–Crippen LogP) is 3.35. The van der Waals surface area contributed by atoms with Crippen LogP contribution in [0.1, 0.15) is 40.0 Å². The monoisotopic (exact) mass is 319 g/mol. The topological polar surface area (TPSA) is 58.6 Å². The molecule has 0 spiro atoms. The van der Waals surface area contributed by atoms with Crippen LogP contribution in [0.2, 0.25) is 0 Å². The van der Waals surface area contributed by atoms with Crippen molar-refractivity contribution in [2.24, 2.45) is 0 Å². The van der Waals surface area contributed by atoms with Gasteiger partial charge in [-0.15, -0.1) is 23.2 Å². The van der Waals surface area contributed by atoms with Gasteiger partial charge in [-0.25, -0.2) is 0 Å². The van der Waals surface area contributed by atoms with Gasteiger partial charge in [0.15, 0.2) is 7.60 Å². The van der Waals surface area contributed by atoms with Gasteiger partial charge in [-0.1, -0.05) is 13.3 Å². The molecule has 0 rings (SSSR count). The molecule has 4 nitrogen and oxygen atoms in total. The van der Waals surface area contributed by atoms with Crippen LogP contribution in [-0.2, 0) is 13.8 Å². The Morgan fingerprint density at radius 2 is 2.11 bits per heavy atom. The van der Waals surface area contributed by atoms with Gasteiger partial charge >= 0.3 is 0 Å². The first-order chi connectivity index (χ1) is 8.27. The number of unbranched alkanes of at least 4 members (excludes halogenated alkanes) is 1. The van der Waals surface area contributed by atoms with E-state index in [2.05, 4.69) is 0 Å². The zero-order valence-electron chi connectivity index (χ0n) is 11.2. The van der Waals surface area contributed by atoms with Crippen molar-refractivity contribution in [2.45, 2.75) is 51.0 Å². The third-order valence-electron chi connectivity index (χ3n) is 2.67. The van der Waals surface area contributed by atoms with E-state index >= 15 is 0 Å². The fourth-order valence-electron chi connectivity index (χ4n) is 1.27. The van der Waals surface area contributed by atoms with E-state index < -0.39 is 24.9 Å². The lowest BCUT2D eigenvalue weighted by molar-refractivity contribution is -0.214. The molecule has 0 aromatic carbocycles. The van der Waals surface area contributed by atoms with Crippen LogP contribution in [0, 0.1) is 0 Å². The quantitative estimate of drug-likeness (QED) is 0.352. The van der Waals surface area contributed by atoms with Gasteiger partial charge in [0.05, 0.1) is 11.0 Å². The molecule has 7 heteroatoms. The third-order valence-corrected chi connectivity index (χ3v) is 4.52. The molecule has 0 aromatic rings. The average molecular weight is 320 g/mol. The van der Waals surface area contributed by atoms with Crippen molar-refractivity contribution in [1.82, 2.24) is 0 Å². The van der Waals surface area contributed by atoms with E-state index in [1.165, 1.54) is 0 Å². The molecule has 0 aliphatic rings. The number of alkyl halides is 2. The van der Waals surface area contributed by atoms with Gasteiger partial charge in [0.25, 0.3) is 0 Å². The maximum absolute atomic E-state index is 11.8. The molecule has 3 unspecified atom stereocenters. The summed E-state index contributed by atoms with van der Waals surface area (Å²) in [6, 6.07) is 0. The van der Waals surface area contributed by atoms with Crippen molar-refractivity contribution in [3.63, 3.8) is 0 Å². The highest BCUT2D eigenvalue weighted by Crippen LogP contribution is 2.45.